The molecule has 6 nitrogen and oxygen atoms in total. The van der Waals surface area contributed by atoms with Gasteiger partial charge in [0.05, 0.1) is 12.2 Å². The van der Waals surface area contributed by atoms with Crippen LogP contribution in [0.25, 0.3) is 0 Å². The van der Waals surface area contributed by atoms with Crippen molar-refractivity contribution in [3.63, 3.8) is 0 Å². The number of fused-ring (bicyclic) bond motifs is 1. The molecule has 0 fully saturated rings. The predicted molar refractivity (Wildman–Crippen MR) is 82.7 cm³/mol. The maximum absolute atomic E-state index is 13.6. The van der Waals surface area contributed by atoms with E-state index in [4.69, 9.17) is 4.74 Å². The molecule has 1 aromatic carbocycles. The lowest BCUT2D eigenvalue weighted by Crippen LogP contribution is -2.35. The Labute approximate surface area is 141 Å². The first-order valence-electron chi connectivity index (χ1n) is 7.54. The zero-order valence-corrected chi connectivity index (χ0v) is 13.5. The number of nitrogens with zero attached hydrogens (tertiary/aromatic N) is 3. The second kappa shape index (κ2) is 6.23. The van der Waals surface area contributed by atoms with E-state index in [-0.39, 0.29) is 12.6 Å². The first kappa shape index (κ1) is 17.0. The second-order valence-electron chi connectivity index (χ2n) is 5.47. The molecule has 0 bridgehead atoms. The van der Waals surface area contributed by atoms with E-state index in [1.165, 1.54) is 11.6 Å². The van der Waals surface area contributed by atoms with Crippen LogP contribution in [0.2, 0.25) is 0 Å². The Morgan fingerprint density at radius 2 is 2.00 bits per heavy atom. The number of halogens is 3. The van der Waals surface area contributed by atoms with Gasteiger partial charge in [-0.1, -0.05) is 29.8 Å². The molecule has 1 atom stereocenters. The number of benzene rings is 1. The molecule has 132 valence electrons. The fraction of sp³-hybridized carbons (Fsp3) is 0.312. The zero-order chi connectivity index (χ0) is 18.2. The van der Waals surface area contributed by atoms with Crippen molar-refractivity contribution in [2.24, 2.45) is 0 Å². The highest BCUT2D eigenvalue weighted by atomic mass is 19.4. The quantitative estimate of drug-likeness (QED) is 0.860. The van der Waals surface area contributed by atoms with Gasteiger partial charge in [-0.3, -0.25) is 0 Å². The van der Waals surface area contributed by atoms with Crippen LogP contribution in [-0.4, -0.2) is 33.5 Å². The summed E-state index contributed by atoms with van der Waals surface area (Å²) in [6, 6.07) is 5.73. The summed E-state index contributed by atoms with van der Waals surface area (Å²) in [5.41, 5.74) is -0.314. The molecule has 2 heterocycles. The van der Waals surface area contributed by atoms with Crippen molar-refractivity contribution in [1.29, 1.82) is 0 Å². The van der Waals surface area contributed by atoms with Crippen LogP contribution in [0.4, 0.5) is 19.1 Å². The monoisotopic (exact) mass is 352 g/mol. The summed E-state index contributed by atoms with van der Waals surface area (Å²) in [5.74, 6) is -1.14. The predicted octanol–water partition coefficient (Wildman–Crippen LogP) is 2.98. The fourth-order valence-corrected chi connectivity index (χ4v) is 2.67. The van der Waals surface area contributed by atoms with Gasteiger partial charge in [0.1, 0.15) is 18.1 Å². The number of anilines is 1. The van der Waals surface area contributed by atoms with E-state index in [1.54, 1.807) is 24.3 Å². The number of hydrogen-bond donors (Lipinski definition) is 1. The van der Waals surface area contributed by atoms with Crippen LogP contribution in [-0.2, 0) is 9.53 Å². The summed E-state index contributed by atoms with van der Waals surface area (Å²) in [5, 5.41) is 6.14. The molecule has 1 aromatic heterocycles. The standard InChI is InChI=1S/C16H15F3N4O2/c1-3-25-14(24)11-12(10-6-4-9(2)5-7-10)23-15(20-8-21-23)22-13(11)16(17,18)19/h4-8,12H,3H2,1-2H3,(H,20,21,22)/t12-/m0/s1. The van der Waals surface area contributed by atoms with Crippen LogP contribution in [0, 0.1) is 6.92 Å². The van der Waals surface area contributed by atoms with E-state index in [0.29, 0.717) is 5.56 Å². The van der Waals surface area contributed by atoms with Gasteiger partial charge in [-0.15, -0.1) is 0 Å². The van der Waals surface area contributed by atoms with Gasteiger partial charge in [0.2, 0.25) is 5.95 Å². The second-order valence-corrected chi connectivity index (χ2v) is 5.47. The first-order valence-corrected chi connectivity index (χ1v) is 7.54. The Kier molecular flexibility index (Phi) is 4.23. The van der Waals surface area contributed by atoms with Gasteiger partial charge in [0.15, 0.2) is 0 Å². The van der Waals surface area contributed by atoms with Crippen molar-refractivity contribution in [3.05, 3.63) is 53.0 Å². The number of rotatable bonds is 3. The van der Waals surface area contributed by atoms with Gasteiger partial charge in [-0.2, -0.15) is 23.3 Å². The average molecular weight is 352 g/mol. The summed E-state index contributed by atoms with van der Waals surface area (Å²) in [7, 11) is 0. The molecule has 9 heteroatoms. The van der Waals surface area contributed by atoms with Crippen LogP contribution < -0.4 is 5.32 Å². The van der Waals surface area contributed by atoms with Crippen LogP contribution in [0.1, 0.15) is 24.1 Å². The van der Waals surface area contributed by atoms with Crippen LogP contribution in [0.5, 0.6) is 0 Å². The minimum Gasteiger partial charge on any atom is -0.463 e. The Morgan fingerprint density at radius 1 is 1.32 bits per heavy atom. The lowest BCUT2D eigenvalue weighted by atomic mass is 9.94. The van der Waals surface area contributed by atoms with E-state index in [9.17, 15) is 18.0 Å². The number of alkyl halides is 3. The van der Waals surface area contributed by atoms with Crippen molar-refractivity contribution in [2.75, 3.05) is 11.9 Å². The molecular weight excluding hydrogens is 337 g/mol. The highest BCUT2D eigenvalue weighted by Gasteiger charge is 2.46. The Morgan fingerprint density at radius 3 is 2.60 bits per heavy atom. The summed E-state index contributed by atoms with van der Waals surface area (Å²) >= 11 is 0. The fourth-order valence-electron chi connectivity index (χ4n) is 2.67. The molecule has 3 rings (SSSR count). The molecule has 0 saturated heterocycles. The number of aryl methyl sites for hydroxylation is 1. The van der Waals surface area contributed by atoms with E-state index in [2.05, 4.69) is 15.4 Å². The zero-order valence-electron chi connectivity index (χ0n) is 13.5. The molecule has 0 unspecified atom stereocenters. The van der Waals surface area contributed by atoms with Crippen LogP contribution in [0.15, 0.2) is 41.9 Å². The molecule has 0 radical (unpaired) electrons. The van der Waals surface area contributed by atoms with Gasteiger partial charge in [0.25, 0.3) is 0 Å². The summed E-state index contributed by atoms with van der Waals surface area (Å²) < 4.78 is 46.8. The number of carbonyl (C=O) groups is 1. The maximum Gasteiger partial charge on any atom is 0.431 e. The van der Waals surface area contributed by atoms with Crippen molar-refractivity contribution < 1.29 is 22.7 Å². The Hall–Kier alpha value is -2.84. The molecular formula is C16H15F3N4O2. The van der Waals surface area contributed by atoms with Gasteiger partial charge in [-0.05, 0) is 19.4 Å². The van der Waals surface area contributed by atoms with Gasteiger partial charge in [0, 0.05) is 0 Å². The molecule has 1 aliphatic rings. The Balaban J connectivity index is 2.24. The number of hydrogen-bond acceptors (Lipinski definition) is 5. The number of ether oxygens (including phenoxy) is 1. The summed E-state index contributed by atoms with van der Waals surface area (Å²) in [6.45, 7) is 3.35. The lowest BCUT2D eigenvalue weighted by molar-refractivity contribution is -0.140. The smallest absolute Gasteiger partial charge is 0.431 e. The summed E-state index contributed by atoms with van der Waals surface area (Å²) in [4.78, 5) is 16.2. The van der Waals surface area contributed by atoms with E-state index in [0.717, 1.165) is 11.9 Å². The molecule has 0 aliphatic carbocycles. The molecule has 0 saturated carbocycles. The topological polar surface area (TPSA) is 69.0 Å². The van der Waals surface area contributed by atoms with E-state index in [1.807, 2.05) is 6.92 Å². The Bertz CT molecular complexity index is 825. The lowest BCUT2D eigenvalue weighted by Gasteiger charge is -2.30. The minimum atomic E-state index is -4.78. The number of carbonyl (C=O) groups excluding carboxylic acids is 1. The van der Waals surface area contributed by atoms with Crippen LogP contribution in [0.3, 0.4) is 0 Å². The molecule has 0 spiro atoms. The highest BCUT2D eigenvalue weighted by molar-refractivity contribution is 5.92. The van der Waals surface area contributed by atoms with Gasteiger partial charge in [-0.25, -0.2) is 9.48 Å². The van der Waals surface area contributed by atoms with E-state index >= 15 is 0 Å². The third-order valence-electron chi connectivity index (χ3n) is 3.77. The average Bonchev–Trinajstić information content (AvgIpc) is 3.01. The van der Waals surface area contributed by atoms with Crippen LogP contribution >= 0.6 is 0 Å². The maximum atomic E-state index is 13.6. The molecule has 25 heavy (non-hydrogen) atoms. The van der Waals surface area contributed by atoms with Gasteiger partial charge >= 0.3 is 12.1 Å². The highest BCUT2D eigenvalue weighted by Crippen LogP contribution is 2.41. The molecule has 1 N–H and O–H groups in total. The third-order valence-corrected chi connectivity index (χ3v) is 3.77. The van der Waals surface area contributed by atoms with Crippen molar-refractivity contribution >= 4 is 11.9 Å². The van der Waals surface area contributed by atoms with Crippen molar-refractivity contribution in [1.82, 2.24) is 14.8 Å². The number of aromatic nitrogens is 3. The SMILES string of the molecule is CCOC(=O)C1=C(C(F)(F)F)Nc2ncnn2[C@H]1c1ccc(C)cc1. The third kappa shape index (κ3) is 3.09. The summed E-state index contributed by atoms with van der Waals surface area (Å²) in [6.07, 6.45) is -3.64. The number of nitrogens with one attached hydrogen (secondary N) is 1. The molecule has 0 amide bonds. The van der Waals surface area contributed by atoms with Gasteiger partial charge < -0.3 is 10.1 Å². The number of allylic oxidation sites excluding steroid dienone is 1. The largest absolute Gasteiger partial charge is 0.463 e. The normalized spacial score (nSPS) is 17.1. The minimum absolute atomic E-state index is 0.0434. The van der Waals surface area contributed by atoms with Crippen molar-refractivity contribution in [3.8, 4) is 0 Å². The molecule has 1 aliphatic heterocycles. The molecule has 2 aromatic rings. The number of esters is 1. The first-order chi connectivity index (χ1) is 11.8. The van der Waals surface area contributed by atoms with E-state index < -0.39 is 29.5 Å². The van der Waals surface area contributed by atoms with Crippen molar-refractivity contribution in [2.45, 2.75) is 26.1 Å².